The van der Waals surface area contributed by atoms with E-state index in [0.717, 1.165) is 19.3 Å². The van der Waals surface area contributed by atoms with Crippen molar-refractivity contribution in [2.45, 2.75) is 32.1 Å². The molecule has 0 nitrogen and oxygen atoms in total. The molecule has 0 aromatic heterocycles. The van der Waals surface area contributed by atoms with Gasteiger partial charge in [-0.05, 0) is 38.2 Å². The van der Waals surface area contributed by atoms with Crippen LogP contribution in [0.5, 0.6) is 0 Å². The van der Waals surface area contributed by atoms with Crippen molar-refractivity contribution in [2.75, 3.05) is 0 Å². The first-order valence-electron chi connectivity index (χ1n) is 5.02. The Bertz CT molecular complexity index is 216. The Labute approximate surface area is 81.4 Å². The third kappa shape index (κ3) is 6.15. The van der Waals surface area contributed by atoms with Gasteiger partial charge in [0.05, 0.1) is 0 Å². The second kappa shape index (κ2) is 7.60. The summed E-state index contributed by atoms with van der Waals surface area (Å²) < 4.78 is 0. The second-order valence-corrected chi connectivity index (χ2v) is 3.11. The van der Waals surface area contributed by atoms with Crippen molar-refractivity contribution < 1.29 is 0 Å². The summed E-state index contributed by atoms with van der Waals surface area (Å²) in [6.07, 6.45) is 24.0. The Balaban J connectivity index is 2.38. The lowest BCUT2D eigenvalue weighted by Gasteiger charge is -1.88. The zero-order valence-electron chi connectivity index (χ0n) is 8.08. The van der Waals surface area contributed by atoms with Crippen LogP contribution in [0.2, 0.25) is 0 Å². The van der Waals surface area contributed by atoms with Gasteiger partial charge in [0.25, 0.3) is 0 Å². The normalized spacial score (nSPS) is 28.9. The van der Waals surface area contributed by atoms with Crippen LogP contribution in [0, 0.1) is 6.08 Å². The van der Waals surface area contributed by atoms with Gasteiger partial charge in [0.2, 0.25) is 0 Å². The predicted molar refractivity (Wildman–Crippen MR) is 58.3 cm³/mol. The van der Waals surface area contributed by atoms with Crippen LogP contribution in [0.3, 0.4) is 0 Å². The quantitative estimate of drug-likeness (QED) is 0.486. The minimum atomic E-state index is 0.960. The molecule has 0 heteroatoms. The molecule has 0 saturated heterocycles. The summed E-state index contributed by atoms with van der Waals surface area (Å²) >= 11 is 0. The summed E-state index contributed by atoms with van der Waals surface area (Å²) in [5.41, 5.74) is 0. The van der Waals surface area contributed by atoms with Crippen molar-refractivity contribution in [1.29, 1.82) is 0 Å². The van der Waals surface area contributed by atoms with Crippen molar-refractivity contribution >= 4 is 0 Å². The third-order valence-electron chi connectivity index (χ3n) is 1.92. The highest BCUT2D eigenvalue weighted by molar-refractivity contribution is 5.05. The van der Waals surface area contributed by atoms with E-state index in [2.05, 4.69) is 48.6 Å². The topological polar surface area (TPSA) is 0 Å². The Morgan fingerprint density at radius 3 is 2.77 bits per heavy atom. The maximum atomic E-state index is 3.26. The fourth-order valence-corrected chi connectivity index (χ4v) is 1.18. The molecule has 1 aliphatic rings. The molecule has 0 amide bonds. The summed E-state index contributed by atoms with van der Waals surface area (Å²) in [6.45, 7) is 0. The molecule has 0 N–H and O–H groups in total. The molecule has 1 rings (SSSR count). The molecule has 0 atom stereocenters. The Hall–Kier alpha value is -1.04. The molecule has 0 aromatic carbocycles. The summed E-state index contributed by atoms with van der Waals surface area (Å²) in [7, 11) is 0. The van der Waals surface area contributed by atoms with E-state index >= 15 is 0 Å². The molecule has 0 unspecified atom stereocenters. The number of hydrogen-bond donors (Lipinski definition) is 0. The average Bonchev–Trinajstić information content (AvgIpc) is 2.18. The summed E-state index contributed by atoms with van der Waals surface area (Å²) in [4.78, 5) is 0. The van der Waals surface area contributed by atoms with E-state index in [4.69, 9.17) is 0 Å². The first-order chi connectivity index (χ1) is 6.50. The van der Waals surface area contributed by atoms with Gasteiger partial charge >= 0.3 is 0 Å². The highest BCUT2D eigenvalue weighted by Crippen LogP contribution is 2.00. The second-order valence-electron chi connectivity index (χ2n) is 3.11. The molecule has 0 aromatic rings. The van der Waals surface area contributed by atoms with Crippen LogP contribution in [0.4, 0.5) is 0 Å². The molecule has 13 heavy (non-hydrogen) atoms. The lowest BCUT2D eigenvalue weighted by molar-refractivity contribution is 0.864. The zero-order chi connectivity index (χ0) is 9.19. The largest absolute Gasteiger partial charge is 0.0845 e. The van der Waals surface area contributed by atoms with Gasteiger partial charge < -0.3 is 0 Å². The number of hydrogen-bond acceptors (Lipinski definition) is 0. The standard InChI is InChI=1S/C13H17/c1-2-4-6-8-10-12-13-11-9-7-5-3-1/h1-4,7,9,12H,5-6,8,10-11H2/b3-1+,4-2-,9-7+,13-12?. The van der Waals surface area contributed by atoms with Gasteiger partial charge in [0.15, 0.2) is 0 Å². The van der Waals surface area contributed by atoms with Gasteiger partial charge in [-0.2, -0.15) is 0 Å². The van der Waals surface area contributed by atoms with Crippen LogP contribution in [-0.2, 0) is 0 Å². The molecule has 0 bridgehead atoms. The molecule has 1 aliphatic carbocycles. The van der Waals surface area contributed by atoms with Gasteiger partial charge in [0, 0.05) is 0 Å². The van der Waals surface area contributed by atoms with E-state index < -0.39 is 0 Å². The van der Waals surface area contributed by atoms with Crippen LogP contribution >= 0.6 is 0 Å². The van der Waals surface area contributed by atoms with E-state index in [0.29, 0.717) is 0 Å². The van der Waals surface area contributed by atoms with Crippen LogP contribution < -0.4 is 0 Å². The van der Waals surface area contributed by atoms with E-state index in [1.807, 2.05) is 0 Å². The SMILES string of the molecule is [C]1=C/CCC/C=C\C=C\C/C=C/C/1. The van der Waals surface area contributed by atoms with Crippen molar-refractivity contribution in [2.24, 2.45) is 0 Å². The minimum absolute atomic E-state index is 0.960. The Morgan fingerprint density at radius 2 is 1.77 bits per heavy atom. The summed E-state index contributed by atoms with van der Waals surface area (Å²) in [5, 5.41) is 0. The summed E-state index contributed by atoms with van der Waals surface area (Å²) in [5.74, 6) is 0. The van der Waals surface area contributed by atoms with Crippen LogP contribution in [0.15, 0.2) is 42.5 Å². The highest BCUT2D eigenvalue weighted by atomic mass is 13.9. The van der Waals surface area contributed by atoms with Gasteiger partial charge in [-0.3, -0.25) is 0 Å². The van der Waals surface area contributed by atoms with Gasteiger partial charge in [0.1, 0.15) is 0 Å². The Morgan fingerprint density at radius 1 is 0.846 bits per heavy atom. The average molecular weight is 173 g/mol. The first kappa shape index (κ1) is 10.0. The third-order valence-corrected chi connectivity index (χ3v) is 1.92. The van der Waals surface area contributed by atoms with Gasteiger partial charge in [-0.1, -0.05) is 42.5 Å². The molecule has 0 heterocycles. The lowest BCUT2D eigenvalue weighted by Crippen LogP contribution is -1.68. The van der Waals surface area contributed by atoms with Crippen molar-refractivity contribution in [3.05, 3.63) is 48.6 Å². The van der Waals surface area contributed by atoms with Gasteiger partial charge in [-0.15, -0.1) is 0 Å². The zero-order valence-corrected chi connectivity index (χ0v) is 8.08. The minimum Gasteiger partial charge on any atom is -0.0845 e. The monoisotopic (exact) mass is 173 g/mol. The molecule has 0 saturated carbocycles. The Kier molecular flexibility index (Phi) is 5.87. The molecule has 0 spiro atoms. The maximum absolute atomic E-state index is 3.26. The van der Waals surface area contributed by atoms with E-state index in [1.165, 1.54) is 12.8 Å². The molecule has 69 valence electrons. The van der Waals surface area contributed by atoms with Crippen molar-refractivity contribution in [1.82, 2.24) is 0 Å². The van der Waals surface area contributed by atoms with E-state index in [-0.39, 0.29) is 0 Å². The molecule has 1 radical (unpaired) electrons. The lowest BCUT2D eigenvalue weighted by atomic mass is 10.2. The molecule has 0 aliphatic heterocycles. The number of rotatable bonds is 0. The van der Waals surface area contributed by atoms with Crippen LogP contribution in [-0.4, -0.2) is 0 Å². The van der Waals surface area contributed by atoms with E-state index in [1.54, 1.807) is 0 Å². The maximum Gasteiger partial charge on any atom is -0.00978 e. The predicted octanol–water partition coefficient (Wildman–Crippen LogP) is 3.98. The fourth-order valence-electron chi connectivity index (χ4n) is 1.18. The molecular formula is C13H17. The van der Waals surface area contributed by atoms with Crippen LogP contribution in [0.1, 0.15) is 32.1 Å². The van der Waals surface area contributed by atoms with Crippen molar-refractivity contribution in [3.8, 4) is 0 Å². The molecule has 0 fully saturated rings. The smallest absolute Gasteiger partial charge is 0.00978 e. The van der Waals surface area contributed by atoms with Gasteiger partial charge in [-0.25, -0.2) is 0 Å². The first-order valence-corrected chi connectivity index (χ1v) is 5.02. The van der Waals surface area contributed by atoms with Crippen molar-refractivity contribution in [3.63, 3.8) is 0 Å². The summed E-state index contributed by atoms with van der Waals surface area (Å²) in [6, 6.07) is 0. The van der Waals surface area contributed by atoms with Crippen LogP contribution in [0.25, 0.3) is 0 Å². The fraction of sp³-hybridized carbons (Fsp3) is 0.385. The van der Waals surface area contributed by atoms with E-state index in [9.17, 15) is 0 Å². The highest BCUT2D eigenvalue weighted by Gasteiger charge is 1.81. The number of allylic oxidation sites excluding steroid dienone is 8. The molecular weight excluding hydrogens is 156 g/mol.